The van der Waals surface area contributed by atoms with Crippen LogP contribution in [0.5, 0.6) is 0 Å². The summed E-state index contributed by atoms with van der Waals surface area (Å²) >= 11 is 0. The Morgan fingerprint density at radius 3 is 1.93 bits per heavy atom. The fourth-order valence-electron chi connectivity index (χ4n) is 7.21. The van der Waals surface area contributed by atoms with Crippen molar-refractivity contribution in [1.29, 1.82) is 5.26 Å². The first-order valence-corrected chi connectivity index (χ1v) is 13.1. The number of nitriles is 1. The molecule has 0 radical (unpaired) electrons. The highest BCUT2D eigenvalue weighted by molar-refractivity contribution is 5.02. The van der Waals surface area contributed by atoms with Crippen molar-refractivity contribution in [3.05, 3.63) is 0 Å². The van der Waals surface area contributed by atoms with Crippen LogP contribution in [0, 0.1) is 46.3 Å². The van der Waals surface area contributed by atoms with Crippen LogP contribution in [0.1, 0.15) is 129 Å². The lowest BCUT2D eigenvalue weighted by atomic mass is 9.61. The molecule has 2 atom stereocenters. The monoisotopic (exact) mass is 385 g/mol. The van der Waals surface area contributed by atoms with E-state index in [1.807, 2.05) is 0 Å². The van der Waals surface area contributed by atoms with Gasteiger partial charge in [0.15, 0.2) is 0 Å². The van der Waals surface area contributed by atoms with Crippen LogP contribution in [0.15, 0.2) is 0 Å². The van der Waals surface area contributed by atoms with E-state index in [1.54, 1.807) is 0 Å². The van der Waals surface area contributed by atoms with Gasteiger partial charge in [0.1, 0.15) is 0 Å². The average molecular weight is 386 g/mol. The number of rotatable bonds is 8. The summed E-state index contributed by atoms with van der Waals surface area (Å²) in [7, 11) is 0. The number of hydrogen-bond donors (Lipinski definition) is 0. The van der Waals surface area contributed by atoms with Gasteiger partial charge in [-0.25, -0.2) is 0 Å². The molecule has 3 aliphatic carbocycles. The Morgan fingerprint density at radius 1 is 0.750 bits per heavy atom. The molecule has 0 aromatic carbocycles. The minimum absolute atomic E-state index is 0.0231. The summed E-state index contributed by atoms with van der Waals surface area (Å²) in [5, 5.41) is 9.72. The minimum atomic E-state index is 0.0231. The number of unbranched alkanes of at least 4 members (excludes halogenated alkanes) is 3. The van der Waals surface area contributed by atoms with Crippen molar-refractivity contribution in [3.63, 3.8) is 0 Å². The van der Waals surface area contributed by atoms with Crippen LogP contribution < -0.4 is 0 Å². The summed E-state index contributed by atoms with van der Waals surface area (Å²) in [5.41, 5.74) is 0.0231. The fraction of sp³-hybridized carbons (Fsp3) is 0.963. The lowest BCUT2D eigenvalue weighted by Gasteiger charge is -2.43. The molecule has 0 aromatic rings. The lowest BCUT2D eigenvalue weighted by Crippen LogP contribution is -2.33. The molecule has 160 valence electrons. The Bertz CT molecular complexity index is 475. The van der Waals surface area contributed by atoms with E-state index >= 15 is 0 Å². The molecule has 0 aromatic heterocycles. The van der Waals surface area contributed by atoms with Crippen molar-refractivity contribution in [2.24, 2.45) is 35.0 Å². The molecular weight excluding hydrogens is 338 g/mol. The van der Waals surface area contributed by atoms with Gasteiger partial charge in [0.05, 0.1) is 11.5 Å². The van der Waals surface area contributed by atoms with E-state index in [4.69, 9.17) is 0 Å². The van der Waals surface area contributed by atoms with Crippen molar-refractivity contribution in [2.75, 3.05) is 0 Å². The molecule has 0 heterocycles. The number of nitrogens with zero attached hydrogens (tertiary/aromatic N) is 1. The van der Waals surface area contributed by atoms with Crippen molar-refractivity contribution in [1.82, 2.24) is 0 Å². The van der Waals surface area contributed by atoms with Gasteiger partial charge in [-0.05, 0) is 87.4 Å². The van der Waals surface area contributed by atoms with E-state index in [0.717, 1.165) is 42.4 Å². The van der Waals surface area contributed by atoms with Crippen LogP contribution in [0.4, 0.5) is 0 Å². The van der Waals surface area contributed by atoms with Gasteiger partial charge in [0.25, 0.3) is 0 Å². The van der Waals surface area contributed by atoms with Gasteiger partial charge in [-0.1, -0.05) is 71.6 Å². The van der Waals surface area contributed by atoms with Crippen LogP contribution in [0.2, 0.25) is 0 Å². The molecule has 3 fully saturated rings. The lowest BCUT2D eigenvalue weighted by molar-refractivity contribution is 0.0838. The molecule has 0 amide bonds. The summed E-state index contributed by atoms with van der Waals surface area (Å²) in [5.74, 6) is 4.93. The third-order valence-electron chi connectivity index (χ3n) is 9.30. The van der Waals surface area contributed by atoms with Crippen molar-refractivity contribution >= 4 is 0 Å². The van der Waals surface area contributed by atoms with Gasteiger partial charge in [0.2, 0.25) is 0 Å². The Balaban J connectivity index is 1.37. The second-order valence-electron chi connectivity index (χ2n) is 10.9. The predicted octanol–water partition coefficient (Wildman–Crippen LogP) is 8.68. The zero-order valence-electron chi connectivity index (χ0n) is 19.1. The normalized spacial score (nSPS) is 39.4. The maximum absolute atomic E-state index is 9.72. The standard InChI is InChI=1S/C27H47N/c1-3-5-6-7-9-22-11-13-23(14-12-22)24-15-17-25(18-16-24)26-10-8-19-27(4-2,20-26)21-28/h22-26H,3-20H2,1-2H3. The zero-order chi connectivity index (χ0) is 19.8. The average Bonchev–Trinajstić information content (AvgIpc) is 2.77. The number of hydrogen-bond acceptors (Lipinski definition) is 1. The highest BCUT2D eigenvalue weighted by Gasteiger charge is 2.40. The molecular formula is C27H47N. The zero-order valence-corrected chi connectivity index (χ0v) is 19.1. The molecule has 2 unspecified atom stereocenters. The summed E-state index contributed by atoms with van der Waals surface area (Å²) < 4.78 is 0. The maximum Gasteiger partial charge on any atom is 0.0689 e. The molecule has 0 N–H and O–H groups in total. The fourth-order valence-corrected chi connectivity index (χ4v) is 7.21. The smallest absolute Gasteiger partial charge is 0.0689 e. The summed E-state index contributed by atoms with van der Waals surface area (Å²) in [4.78, 5) is 0. The van der Waals surface area contributed by atoms with Crippen LogP contribution >= 0.6 is 0 Å². The first kappa shape index (κ1) is 22.2. The second kappa shape index (κ2) is 11.0. The SMILES string of the molecule is CCCCCCC1CCC(C2CCC(C3CCCC(C#N)(CC)C3)CC2)CC1. The Hall–Kier alpha value is -0.510. The molecule has 0 bridgehead atoms. The van der Waals surface area contributed by atoms with Crippen LogP contribution in [0.3, 0.4) is 0 Å². The first-order chi connectivity index (χ1) is 13.7. The van der Waals surface area contributed by atoms with E-state index in [2.05, 4.69) is 19.9 Å². The largest absolute Gasteiger partial charge is 0.198 e. The predicted molar refractivity (Wildman–Crippen MR) is 120 cm³/mol. The van der Waals surface area contributed by atoms with E-state index < -0.39 is 0 Å². The summed E-state index contributed by atoms with van der Waals surface area (Å²) in [6.07, 6.45) is 25.5. The van der Waals surface area contributed by atoms with E-state index in [9.17, 15) is 5.26 Å². The van der Waals surface area contributed by atoms with Gasteiger partial charge < -0.3 is 0 Å². The van der Waals surface area contributed by atoms with Gasteiger partial charge in [-0.3, -0.25) is 0 Å². The molecule has 3 aliphatic rings. The molecule has 1 heteroatoms. The van der Waals surface area contributed by atoms with E-state index in [1.165, 1.54) is 103 Å². The van der Waals surface area contributed by atoms with E-state index in [-0.39, 0.29) is 5.41 Å². The highest BCUT2D eigenvalue weighted by atomic mass is 14.5. The topological polar surface area (TPSA) is 23.8 Å². The van der Waals surface area contributed by atoms with Crippen LogP contribution in [-0.4, -0.2) is 0 Å². The van der Waals surface area contributed by atoms with Crippen molar-refractivity contribution in [2.45, 2.75) is 129 Å². The molecule has 0 aliphatic heterocycles. The Kier molecular flexibility index (Phi) is 8.74. The minimum Gasteiger partial charge on any atom is -0.198 e. The van der Waals surface area contributed by atoms with Crippen LogP contribution in [0.25, 0.3) is 0 Å². The quantitative estimate of drug-likeness (QED) is 0.383. The molecule has 28 heavy (non-hydrogen) atoms. The van der Waals surface area contributed by atoms with Gasteiger partial charge in [0, 0.05) is 0 Å². The van der Waals surface area contributed by atoms with Gasteiger partial charge in [-0.2, -0.15) is 5.26 Å². The molecule has 1 nitrogen and oxygen atoms in total. The van der Waals surface area contributed by atoms with Crippen molar-refractivity contribution < 1.29 is 0 Å². The van der Waals surface area contributed by atoms with Gasteiger partial charge >= 0.3 is 0 Å². The second-order valence-corrected chi connectivity index (χ2v) is 10.9. The Morgan fingerprint density at radius 2 is 1.36 bits per heavy atom. The molecule has 3 rings (SSSR count). The molecule has 3 saturated carbocycles. The molecule has 0 saturated heterocycles. The maximum atomic E-state index is 9.72. The summed E-state index contributed by atoms with van der Waals surface area (Å²) in [6, 6.07) is 2.72. The third-order valence-corrected chi connectivity index (χ3v) is 9.30. The van der Waals surface area contributed by atoms with Crippen molar-refractivity contribution in [3.8, 4) is 6.07 Å². The highest BCUT2D eigenvalue weighted by Crippen LogP contribution is 2.49. The van der Waals surface area contributed by atoms with Gasteiger partial charge in [-0.15, -0.1) is 0 Å². The van der Waals surface area contributed by atoms with E-state index in [0.29, 0.717) is 0 Å². The first-order valence-electron chi connectivity index (χ1n) is 13.1. The third kappa shape index (κ3) is 5.77. The summed E-state index contributed by atoms with van der Waals surface area (Å²) in [6.45, 7) is 4.56. The van der Waals surface area contributed by atoms with Crippen LogP contribution in [-0.2, 0) is 0 Å². The molecule has 0 spiro atoms. The Labute approximate surface area is 176 Å².